The van der Waals surface area contributed by atoms with Gasteiger partial charge in [0.15, 0.2) is 0 Å². The summed E-state index contributed by atoms with van der Waals surface area (Å²) in [5, 5.41) is 3.69. The lowest BCUT2D eigenvalue weighted by atomic mass is 9.93. The van der Waals surface area contributed by atoms with Crippen molar-refractivity contribution in [3.8, 4) is 0 Å². The zero-order chi connectivity index (χ0) is 15.7. The minimum Gasteiger partial charge on any atom is -0.312 e. The molecule has 0 saturated carbocycles. The first kappa shape index (κ1) is 18.6. The van der Waals surface area contributed by atoms with Crippen LogP contribution in [0, 0.1) is 12.8 Å². The van der Waals surface area contributed by atoms with E-state index in [4.69, 9.17) is 0 Å². The van der Waals surface area contributed by atoms with Crippen LogP contribution in [-0.4, -0.2) is 23.6 Å². The molecule has 1 rings (SSSR count). The molecule has 0 radical (unpaired) electrons. The summed E-state index contributed by atoms with van der Waals surface area (Å²) in [6.07, 6.45) is 3.85. The van der Waals surface area contributed by atoms with Gasteiger partial charge in [-0.3, -0.25) is 0 Å². The van der Waals surface area contributed by atoms with Crippen LogP contribution < -0.4 is 5.32 Å². The lowest BCUT2D eigenvalue weighted by Gasteiger charge is -2.25. The Morgan fingerprint density at radius 3 is 2.38 bits per heavy atom. The fourth-order valence-electron chi connectivity index (χ4n) is 2.40. The monoisotopic (exact) mass is 307 g/mol. The van der Waals surface area contributed by atoms with Crippen molar-refractivity contribution in [1.82, 2.24) is 5.32 Å². The zero-order valence-corrected chi connectivity index (χ0v) is 15.4. The van der Waals surface area contributed by atoms with Gasteiger partial charge in [-0.1, -0.05) is 36.8 Å². The predicted octanol–water partition coefficient (Wildman–Crippen LogP) is 5.08. The second kappa shape index (κ2) is 9.53. The molecule has 1 aromatic rings. The number of benzene rings is 1. The normalized spacial score (nSPS) is 13.4. The first-order valence-corrected chi connectivity index (χ1v) is 9.44. The molecule has 2 heteroatoms. The summed E-state index contributed by atoms with van der Waals surface area (Å²) in [5.41, 5.74) is 3.04. The molecule has 1 atom stereocenters. The Balaban J connectivity index is 2.51. The van der Waals surface area contributed by atoms with Crippen molar-refractivity contribution < 1.29 is 0 Å². The second-order valence-corrected chi connectivity index (χ2v) is 8.42. The average Bonchev–Trinajstić information content (AvgIpc) is 2.42. The molecule has 0 saturated heterocycles. The van der Waals surface area contributed by atoms with Crippen LogP contribution in [-0.2, 0) is 6.42 Å². The minimum absolute atomic E-state index is 0.212. The fourth-order valence-corrected chi connectivity index (χ4v) is 3.06. The maximum atomic E-state index is 3.69. The summed E-state index contributed by atoms with van der Waals surface area (Å²) in [5.74, 6) is 3.28. The van der Waals surface area contributed by atoms with E-state index in [1.165, 1.54) is 41.9 Å². The second-order valence-electron chi connectivity index (χ2n) is 7.03. The van der Waals surface area contributed by atoms with Gasteiger partial charge in [-0.2, -0.15) is 11.8 Å². The van der Waals surface area contributed by atoms with Gasteiger partial charge in [-0.15, -0.1) is 0 Å². The predicted molar refractivity (Wildman–Crippen MR) is 98.4 cm³/mol. The van der Waals surface area contributed by atoms with Gasteiger partial charge in [0, 0.05) is 5.54 Å². The van der Waals surface area contributed by atoms with Crippen LogP contribution in [0.3, 0.4) is 0 Å². The van der Waals surface area contributed by atoms with Crippen LogP contribution in [0.4, 0.5) is 0 Å². The van der Waals surface area contributed by atoms with E-state index >= 15 is 0 Å². The molecule has 0 aliphatic rings. The van der Waals surface area contributed by atoms with Gasteiger partial charge in [0.1, 0.15) is 0 Å². The van der Waals surface area contributed by atoms with Gasteiger partial charge < -0.3 is 5.32 Å². The number of thioether (sulfide) groups is 1. The Kier molecular flexibility index (Phi) is 8.43. The molecule has 120 valence electrons. The van der Waals surface area contributed by atoms with E-state index in [0.717, 1.165) is 12.5 Å². The Morgan fingerprint density at radius 2 is 1.81 bits per heavy atom. The molecule has 21 heavy (non-hydrogen) atoms. The molecular weight excluding hydrogens is 274 g/mol. The zero-order valence-electron chi connectivity index (χ0n) is 14.5. The maximum absolute atomic E-state index is 3.69. The standard InChI is InChI=1S/C19H33NS/c1-6-21-13-7-8-18(15-20-19(3,4)5)14-17-11-9-16(2)10-12-17/h9-12,18,20H,6-8,13-15H2,1-5H3. The number of aryl methyl sites for hydroxylation is 1. The summed E-state index contributed by atoms with van der Waals surface area (Å²) in [4.78, 5) is 0. The largest absolute Gasteiger partial charge is 0.312 e. The van der Waals surface area contributed by atoms with Gasteiger partial charge in [-0.25, -0.2) is 0 Å². The Hall–Kier alpha value is -0.470. The van der Waals surface area contributed by atoms with Gasteiger partial charge in [-0.05, 0) is 76.5 Å². The molecule has 0 spiro atoms. The minimum atomic E-state index is 0.212. The highest BCUT2D eigenvalue weighted by Crippen LogP contribution is 2.17. The Bertz CT molecular complexity index is 378. The highest BCUT2D eigenvalue weighted by atomic mass is 32.2. The Labute approximate surface area is 136 Å². The van der Waals surface area contributed by atoms with E-state index in [-0.39, 0.29) is 5.54 Å². The van der Waals surface area contributed by atoms with Crippen molar-refractivity contribution >= 4 is 11.8 Å². The first-order chi connectivity index (χ1) is 9.90. The maximum Gasteiger partial charge on any atom is 0.00966 e. The summed E-state index contributed by atoms with van der Waals surface area (Å²) < 4.78 is 0. The van der Waals surface area contributed by atoms with Gasteiger partial charge >= 0.3 is 0 Å². The smallest absolute Gasteiger partial charge is 0.00966 e. The third kappa shape index (κ3) is 9.21. The summed E-state index contributed by atoms with van der Waals surface area (Å²) in [6.45, 7) is 12.3. The topological polar surface area (TPSA) is 12.0 Å². The van der Waals surface area contributed by atoms with Crippen molar-refractivity contribution in [2.45, 2.75) is 59.4 Å². The van der Waals surface area contributed by atoms with Crippen molar-refractivity contribution in [3.05, 3.63) is 35.4 Å². The molecule has 1 N–H and O–H groups in total. The summed E-state index contributed by atoms with van der Waals surface area (Å²) in [6, 6.07) is 9.05. The molecule has 0 heterocycles. The van der Waals surface area contributed by atoms with Crippen LogP contribution in [0.15, 0.2) is 24.3 Å². The average molecular weight is 308 g/mol. The highest BCUT2D eigenvalue weighted by Gasteiger charge is 2.14. The number of hydrogen-bond donors (Lipinski definition) is 1. The van der Waals surface area contributed by atoms with E-state index in [2.05, 4.69) is 76.0 Å². The van der Waals surface area contributed by atoms with Crippen LogP contribution >= 0.6 is 11.8 Å². The SMILES string of the molecule is CCSCCCC(CNC(C)(C)C)Cc1ccc(C)cc1. The molecule has 0 aliphatic carbocycles. The van der Waals surface area contributed by atoms with Crippen LogP contribution in [0.1, 0.15) is 51.7 Å². The van der Waals surface area contributed by atoms with Crippen LogP contribution in [0.25, 0.3) is 0 Å². The molecule has 0 fully saturated rings. The molecule has 0 aliphatic heterocycles. The highest BCUT2D eigenvalue weighted by molar-refractivity contribution is 7.99. The molecular formula is C19H33NS. The lowest BCUT2D eigenvalue weighted by molar-refractivity contribution is 0.355. The third-order valence-corrected chi connectivity index (χ3v) is 4.66. The number of nitrogens with one attached hydrogen (secondary N) is 1. The van der Waals surface area contributed by atoms with Crippen molar-refractivity contribution in [2.24, 2.45) is 5.92 Å². The molecule has 0 bridgehead atoms. The quantitative estimate of drug-likeness (QED) is 0.639. The van der Waals surface area contributed by atoms with Crippen molar-refractivity contribution in [2.75, 3.05) is 18.1 Å². The van der Waals surface area contributed by atoms with E-state index in [9.17, 15) is 0 Å². The van der Waals surface area contributed by atoms with E-state index in [0.29, 0.717) is 0 Å². The van der Waals surface area contributed by atoms with Gasteiger partial charge in [0.2, 0.25) is 0 Å². The molecule has 1 nitrogen and oxygen atoms in total. The summed E-state index contributed by atoms with van der Waals surface area (Å²) in [7, 11) is 0. The first-order valence-electron chi connectivity index (χ1n) is 8.29. The molecule has 0 amide bonds. The Morgan fingerprint density at radius 1 is 1.14 bits per heavy atom. The van der Waals surface area contributed by atoms with Crippen LogP contribution in [0.2, 0.25) is 0 Å². The van der Waals surface area contributed by atoms with Gasteiger partial charge in [0.05, 0.1) is 0 Å². The van der Waals surface area contributed by atoms with Crippen molar-refractivity contribution in [1.29, 1.82) is 0 Å². The number of rotatable bonds is 9. The molecule has 1 unspecified atom stereocenters. The van der Waals surface area contributed by atoms with Gasteiger partial charge in [0.25, 0.3) is 0 Å². The third-order valence-electron chi connectivity index (χ3n) is 3.67. The van der Waals surface area contributed by atoms with E-state index < -0.39 is 0 Å². The molecule has 1 aromatic carbocycles. The number of hydrogen-bond acceptors (Lipinski definition) is 2. The summed E-state index contributed by atoms with van der Waals surface area (Å²) >= 11 is 2.06. The van der Waals surface area contributed by atoms with E-state index in [1.54, 1.807) is 0 Å². The lowest BCUT2D eigenvalue weighted by Crippen LogP contribution is -2.39. The van der Waals surface area contributed by atoms with E-state index in [1.807, 2.05) is 0 Å². The molecule has 0 aromatic heterocycles. The van der Waals surface area contributed by atoms with Crippen LogP contribution in [0.5, 0.6) is 0 Å². The fraction of sp³-hybridized carbons (Fsp3) is 0.684. The van der Waals surface area contributed by atoms with Crippen molar-refractivity contribution in [3.63, 3.8) is 0 Å².